The van der Waals surface area contributed by atoms with Crippen molar-refractivity contribution in [2.24, 2.45) is 0 Å². The molecule has 0 aliphatic heterocycles. The van der Waals surface area contributed by atoms with Gasteiger partial charge in [0.25, 0.3) is 0 Å². The van der Waals surface area contributed by atoms with Crippen LogP contribution in [0.2, 0.25) is 0 Å². The maximum absolute atomic E-state index is 11.4. The Bertz CT molecular complexity index is 678. The van der Waals surface area contributed by atoms with E-state index in [1.807, 2.05) is 12.1 Å². The summed E-state index contributed by atoms with van der Waals surface area (Å²) in [6.45, 7) is 2.16. The lowest BCUT2D eigenvalue weighted by atomic mass is 10.1. The highest BCUT2D eigenvalue weighted by atomic mass is 16.5. The predicted octanol–water partition coefficient (Wildman–Crippen LogP) is 3.22. The van der Waals surface area contributed by atoms with Crippen LogP contribution in [0.1, 0.15) is 40.5 Å². The average molecular weight is 279 g/mol. The molecule has 0 saturated heterocycles. The molecule has 0 aliphatic carbocycles. The number of methoxy groups -OCH3 is 1. The number of benzene rings is 1. The summed E-state index contributed by atoms with van der Waals surface area (Å²) in [4.78, 5) is 15.4. The number of carbonyl (C=O) groups is 1. The van der Waals surface area contributed by atoms with Crippen LogP contribution in [0.5, 0.6) is 0 Å². The summed E-state index contributed by atoms with van der Waals surface area (Å²) >= 11 is 0. The lowest BCUT2D eigenvalue weighted by Crippen LogP contribution is -2.03. The molecule has 106 valence electrons. The highest BCUT2D eigenvalue weighted by Crippen LogP contribution is 2.07. The fraction of sp³-hybridized carbons (Fsp3) is 0.222. The molecule has 2 aromatic rings. The van der Waals surface area contributed by atoms with Crippen LogP contribution in [0.4, 0.5) is 0 Å². The molecule has 21 heavy (non-hydrogen) atoms. The van der Waals surface area contributed by atoms with Crippen molar-refractivity contribution in [3.63, 3.8) is 0 Å². The number of aromatic nitrogens is 1. The summed E-state index contributed by atoms with van der Waals surface area (Å²) in [7, 11) is 1.33. The number of carbonyl (C=O) groups excluding carboxylic acids is 1. The van der Waals surface area contributed by atoms with Gasteiger partial charge >= 0.3 is 5.97 Å². The Labute approximate surface area is 125 Å². The molecule has 1 aromatic heterocycles. The van der Waals surface area contributed by atoms with Gasteiger partial charge in [0, 0.05) is 17.3 Å². The molecule has 0 N–H and O–H groups in total. The Morgan fingerprint density at radius 3 is 2.52 bits per heavy atom. The summed E-state index contributed by atoms with van der Waals surface area (Å²) < 4.78 is 4.64. The van der Waals surface area contributed by atoms with Crippen molar-refractivity contribution in [3.8, 4) is 11.8 Å². The van der Waals surface area contributed by atoms with Crippen molar-refractivity contribution < 1.29 is 9.53 Å². The van der Waals surface area contributed by atoms with Gasteiger partial charge in [0.1, 0.15) is 5.69 Å². The van der Waals surface area contributed by atoms with E-state index in [-0.39, 0.29) is 5.69 Å². The molecule has 3 heteroatoms. The molecule has 1 aromatic carbocycles. The molecule has 0 saturated carbocycles. The van der Waals surface area contributed by atoms with Gasteiger partial charge in [-0.2, -0.15) is 0 Å². The molecule has 0 unspecified atom stereocenters. The highest BCUT2D eigenvalue weighted by Gasteiger charge is 2.06. The Morgan fingerprint density at radius 2 is 1.86 bits per heavy atom. The lowest BCUT2D eigenvalue weighted by molar-refractivity contribution is 0.0594. The number of hydrogen-bond donors (Lipinski definition) is 0. The third-order valence-electron chi connectivity index (χ3n) is 3.00. The van der Waals surface area contributed by atoms with Crippen LogP contribution in [0.3, 0.4) is 0 Å². The molecule has 0 radical (unpaired) electrons. The van der Waals surface area contributed by atoms with Crippen LogP contribution in [0.25, 0.3) is 0 Å². The number of nitrogens with zero attached hydrogens (tertiary/aromatic N) is 1. The molecule has 2 rings (SSSR count). The van der Waals surface area contributed by atoms with E-state index in [1.54, 1.807) is 18.3 Å². The molecular formula is C18H17NO2. The van der Waals surface area contributed by atoms with Crippen molar-refractivity contribution in [1.82, 2.24) is 4.98 Å². The number of pyridine rings is 1. The van der Waals surface area contributed by atoms with E-state index >= 15 is 0 Å². The van der Waals surface area contributed by atoms with Crippen molar-refractivity contribution in [1.29, 1.82) is 0 Å². The fourth-order valence-corrected chi connectivity index (χ4v) is 1.91. The van der Waals surface area contributed by atoms with Crippen LogP contribution in [0.15, 0.2) is 42.6 Å². The van der Waals surface area contributed by atoms with Gasteiger partial charge in [0.05, 0.1) is 7.11 Å². The minimum Gasteiger partial charge on any atom is -0.464 e. The maximum atomic E-state index is 11.4. The first-order chi connectivity index (χ1) is 10.2. The average Bonchev–Trinajstić information content (AvgIpc) is 2.54. The lowest BCUT2D eigenvalue weighted by Gasteiger charge is -1.98. The quantitative estimate of drug-likeness (QED) is 0.639. The van der Waals surface area contributed by atoms with Gasteiger partial charge in [0.15, 0.2) is 0 Å². The normalized spacial score (nSPS) is 9.62. The molecule has 0 aliphatic rings. The van der Waals surface area contributed by atoms with Gasteiger partial charge in [-0.25, -0.2) is 9.78 Å². The van der Waals surface area contributed by atoms with Crippen LogP contribution in [-0.2, 0) is 11.2 Å². The van der Waals surface area contributed by atoms with Gasteiger partial charge in [0.2, 0.25) is 0 Å². The zero-order valence-corrected chi connectivity index (χ0v) is 12.2. The van der Waals surface area contributed by atoms with Gasteiger partial charge < -0.3 is 4.74 Å². The summed E-state index contributed by atoms with van der Waals surface area (Å²) in [5, 5.41) is 0. The second-order valence-electron chi connectivity index (χ2n) is 4.62. The first-order valence-electron chi connectivity index (χ1n) is 6.88. The zero-order chi connectivity index (χ0) is 15.1. The van der Waals surface area contributed by atoms with E-state index in [1.165, 1.54) is 12.7 Å². The van der Waals surface area contributed by atoms with Crippen molar-refractivity contribution >= 4 is 5.97 Å². The Morgan fingerprint density at radius 1 is 1.14 bits per heavy atom. The molecule has 0 spiro atoms. The second kappa shape index (κ2) is 7.25. The number of esters is 1. The van der Waals surface area contributed by atoms with Gasteiger partial charge in [-0.3, -0.25) is 0 Å². The summed E-state index contributed by atoms with van der Waals surface area (Å²) in [6, 6.07) is 11.6. The number of hydrogen-bond acceptors (Lipinski definition) is 3. The van der Waals surface area contributed by atoms with E-state index in [4.69, 9.17) is 0 Å². The minimum absolute atomic E-state index is 0.266. The number of aryl methyl sites for hydroxylation is 1. The third kappa shape index (κ3) is 4.19. The van der Waals surface area contributed by atoms with Gasteiger partial charge in [-0.15, -0.1) is 0 Å². The Hall–Kier alpha value is -2.60. The zero-order valence-electron chi connectivity index (χ0n) is 12.2. The molecular weight excluding hydrogens is 262 g/mol. The van der Waals surface area contributed by atoms with E-state index in [0.717, 1.165) is 24.0 Å². The monoisotopic (exact) mass is 279 g/mol. The van der Waals surface area contributed by atoms with E-state index < -0.39 is 5.97 Å². The largest absolute Gasteiger partial charge is 0.464 e. The molecule has 0 atom stereocenters. The SMILES string of the molecule is CCCc1ccc(C#Cc2ccnc(C(=O)OC)c2)cc1. The second-order valence-corrected chi connectivity index (χ2v) is 4.62. The maximum Gasteiger partial charge on any atom is 0.356 e. The van der Waals surface area contributed by atoms with E-state index in [0.29, 0.717) is 0 Å². The van der Waals surface area contributed by atoms with Crippen LogP contribution in [-0.4, -0.2) is 18.1 Å². The third-order valence-corrected chi connectivity index (χ3v) is 3.00. The van der Waals surface area contributed by atoms with Crippen LogP contribution < -0.4 is 0 Å². The van der Waals surface area contributed by atoms with Crippen LogP contribution >= 0.6 is 0 Å². The Kier molecular flexibility index (Phi) is 5.11. The fourth-order valence-electron chi connectivity index (χ4n) is 1.91. The molecule has 1 heterocycles. The van der Waals surface area contributed by atoms with E-state index in [2.05, 4.69) is 40.6 Å². The van der Waals surface area contributed by atoms with Gasteiger partial charge in [-0.1, -0.05) is 37.3 Å². The molecule has 3 nitrogen and oxygen atoms in total. The minimum atomic E-state index is -0.456. The van der Waals surface area contributed by atoms with Crippen molar-refractivity contribution in [2.45, 2.75) is 19.8 Å². The smallest absolute Gasteiger partial charge is 0.356 e. The summed E-state index contributed by atoms with van der Waals surface area (Å²) in [6.07, 6.45) is 3.78. The number of rotatable bonds is 3. The van der Waals surface area contributed by atoms with Crippen LogP contribution in [0, 0.1) is 11.8 Å². The van der Waals surface area contributed by atoms with Crippen molar-refractivity contribution in [2.75, 3.05) is 7.11 Å². The van der Waals surface area contributed by atoms with Gasteiger partial charge in [-0.05, 0) is 36.2 Å². The molecule has 0 bridgehead atoms. The van der Waals surface area contributed by atoms with Crippen molar-refractivity contribution in [3.05, 3.63) is 65.0 Å². The molecule has 0 amide bonds. The summed E-state index contributed by atoms with van der Waals surface area (Å²) in [5.74, 6) is 5.66. The Balaban J connectivity index is 2.16. The topological polar surface area (TPSA) is 39.2 Å². The highest BCUT2D eigenvalue weighted by molar-refractivity contribution is 5.87. The molecule has 0 fully saturated rings. The first-order valence-corrected chi connectivity index (χ1v) is 6.88. The first kappa shape index (κ1) is 14.8. The predicted molar refractivity (Wildman–Crippen MR) is 82.0 cm³/mol. The van der Waals surface area contributed by atoms with E-state index in [9.17, 15) is 4.79 Å². The standard InChI is InChI=1S/C18H17NO2/c1-3-4-14-5-7-15(8-6-14)9-10-16-11-12-19-17(13-16)18(20)21-2/h5-8,11-13H,3-4H2,1-2H3. The summed E-state index contributed by atoms with van der Waals surface area (Å²) in [5.41, 5.74) is 3.27. The number of ether oxygens (including phenoxy) is 1.